The van der Waals surface area contributed by atoms with E-state index in [0.29, 0.717) is 29.7 Å². The van der Waals surface area contributed by atoms with E-state index in [9.17, 15) is 4.79 Å². The van der Waals surface area contributed by atoms with Crippen molar-refractivity contribution in [1.29, 1.82) is 0 Å². The lowest BCUT2D eigenvalue weighted by atomic mass is 10.1. The van der Waals surface area contributed by atoms with Gasteiger partial charge in [0.15, 0.2) is 0 Å². The number of pyridine rings is 1. The lowest BCUT2D eigenvalue weighted by Crippen LogP contribution is -2.36. The normalized spacial score (nSPS) is 15.4. The molecular weight excluding hydrogens is 468 g/mol. The van der Waals surface area contributed by atoms with Crippen molar-refractivity contribution in [3.8, 4) is 22.8 Å². The van der Waals surface area contributed by atoms with Crippen molar-refractivity contribution in [3.05, 3.63) is 77.6 Å². The molecule has 3 heterocycles. The van der Waals surface area contributed by atoms with Crippen LogP contribution >= 0.6 is 11.6 Å². The van der Waals surface area contributed by atoms with Gasteiger partial charge < -0.3 is 29.2 Å². The highest BCUT2D eigenvalue weighted by atomic mass is 35.5. The molecule has 0 aliphatic carbocycles. The first-order chi connectivity index (χ1) is 17.0. The second-order valence-electron chi connectivity index (χ2n) is 8.41. The molecule has 1 fully saturated rings. The van der Waals surface area contributed by atoms with Crippen molar-refractivity contribution in [2.24, 2.45) is 0 Å². The Morgan fingerprint density at radius 2 is 2.03 bits per heavy atom. The number of nitrogens with zero attached hydrogens (tertiary/aromatic N) is 3. The second-order valence-corrected chi connectivity index (χ2v) is 8.82. The van der Waals surface area contributed by atoms with E-state index in [4.69, 9.17) is 31.2 Å². The summed E-state index contributed by atoms with van der Waals surface area (Å²) in [4.78, 5) is 18.0. The van der Waals surface area contributed by atoms with Gasteiger partial charge in [-0.05, 0) is 24.1 Å². The number of carbonyl (C=O) groups is 1. The third kappa shape index (κ3) is 4.97. The fourth-order valence-electron chi connectivity index (χ4n) is 4.33. The molecule has 0 radical (unpaired) electrons. The molecular formula is C26H25ClN4O4. The zero-order chi connectivity index (χ0) is 24.4. The minimum atomic E-state index is -0.992. The Labute approximate surface area is 207 Å². The van der Waals surface area contributed by atoms with Gasteiger partial charge in [-0.1, -0.05) is 41.9 Å². The minimum absolute atomic E-state index is 0.0789. The molecule has 9 heteroatoms. The molecule has 1 saturated heterocycles. The Morgan fingerprint density at radius 1 is 1.20 bits per heavy atom. The predicted octanol–water partition coefficient (Wildman–Crippen LogP) is 5.09. The van der Waals surface area contributed by atoms with Crippen molar-refractivity contribution in [3.63, 3.8) is 0 Å². The summed E-state index contributed by atoms with van der Waals surface area (Å²) in [7, 11) is 1.57. The van der Waals surface area contributed by atoms with E-state index < -0.39 is 6.09 Å². The fraction of sp³-hybridized carbons (Fsp3) is 0.231. The molecule has 1 aliphatic rings. The van der Waals surface area contributed by atoms with E-state index in [2.05, 4.69) is 10.2 Å². The van der Waals surface area contributed by atoms with Crippen LogP contribution in [-0.4, -0.2) is 46.8 Å². The number of ether oxygens (including phenoxy) is 2. The largest absolute Gasteiger partial charge is 0.495 e. The van der Waals surface area contributed by atoms with Crippen LogP contribution in [0, 0.1) is 0 Å². The summed E-state index contributed by atoms with van der Waals surface area (Å²) in [5.41, 5.74) is 4.31. The summed E-state index contributed by atoms with van der Waals surface area (Å²) < 4.78 is 13.5. The molecule has 1 amide bonds. The number of benzene rings is 2. The first-order valence-electron chi connectivity index (χ1n) is 11.3. The van der Waals surface area contributed by atoms with E-state index >= 15 is 0 Å². The molecule has 180 valence electrons. The second kappa shape index (κ2) is 9.76. The summed E-state index contributed by atoms with van der Waals surface area (Å²) in [5, 5.41) is 12.0. The van der Waals surface area contributed by atoms with Crippen LogP contribution in [0.25, 0.3) is 16.9 Å². The van der Waals surface area contributed by atoms with E-state index in [-0.39, 0.29) is 6.04 Å². The number of hydrogen-bond donors (Lipinski definition) is 2. The number of methoxy groups -OCH3 is 1. The van der Waals surface area contributed by atoms with Crippen LogP contribution < -0.4 is 19.7 Å². The van der Waals surface area contributed by atoms with Gasteiger partial charge in [-0.2, -0.15) is 0 Å². The van der Waals surface area contributed by atoms with Crippen LogP contribution in [0.15, 0.2) is 67.0 Å². The molecule has 2 aromatic carbocycles. The van der Waals surface area contributed by atoms with Gasteiger partial charge in [0, 0.05) is 48.9 Å². The van der Waals surface area contributed by atoms with Crippen molar-refractivity contribution in [2.45, 2.75) is 19.1 Å². The molecule has 2 aromatic heterocycles. The zero-order valence-electron chi connectivity index (χ0n) is 19.1. The SMILES string of the molecule is COc1cc(OCc2ccccc2)c(-c2cn3ccc(N4CCC(NC(=O)O)C4)cc3n2)cc1Cl. The molecule has 2 N–H and O–H groups in total. The van der Waals surface area contributed by atoms with Gasteiger partial charge in [-0.3, -0.25) is 0 Å². The van der Waals surface area contributed by atoms with Gasteiger partial charge in [0.2, 0.25) is 0 Å². The molecule has 0 bridgehead atoms. The van der Waals surface area contributed by atoms with Gasteiger partial charge in [0.25, 0.3) is 0 Å². The van der Waals surface area contributed by atoms with Crippen LogP contribution in [-0.2, 0) is 6.61 Å². The minimum Gasteiger partial charge on any atom is -0.495 e. The summed E-state index contributed by atoms with van der Waals surface area (Å²) >= 11 is 6.46. The fourth-order valence-corrected chi connectivity index (χ4v) is 4.57. The van der Waals surface area contributed by atoms with Crippen LogP contribution in [0.5, 0.6) is 11.5 Å². The Hall–Kier alpha value is -3.91. The molecule has 1 atom stereocenters. The van der Waals surface area contributed by atoms with Crippen molar-refractivity contribution in [2.75, 3.05) is 25.1 Å². The van der Waals surface area contributed by atoms with Crippen LogP contribution in [0.3, 0.4) is 0 Å². The highest BCUT2D eigenvalue weighted by Crippen LogP contribution is 2.39. The van der Waals surface area contributed by atoms with Crippen molar-refractivity contribution in [1.82, 2.24) is 14.7 Å². The van der Waals surface area contributed by atoms with Crippen molar-refractivity contribution < 1.29 is 19.4 Å². The number of amides is 1. The van der Waals surface area contributed by atoms with E-state index in [1.165, 1.54) is 0 Å². The summed E-state index contributed by atoms with van der Waals surface area (Å²) in [6.07, 6.45) is 3.66. The molecule has 0 saturated carbocycles. The molecule has 4 aromatic rings. The van der Waals surface area contributed by atoms with Gasteiger partial charge in [-0.15, -0.1) is 0 Å². The first kappa shape index (κ1) is 22.9. The van der Waals surface area contributed by atoms with Gasteiger partial charge >= 0.3 is 6.09 Å². The highest BCUT2D eigenvalue weighted by molar-refractivity contribution is 6.32. The zero-order valence-corrected chi connectivity index (χ0v) is 19.9. The topological polar surface area (TPSA) is 88.3 Å². The number of rotatable bonds is 7. The summed E-state index contributed by atoms with van der Waals surface area (Å²) in [6.45, 7) is 1.80. The maximum atomic E-state index is 11.0. The van der Waals surface area contributed by atoms with E-state index in [0.717, 1.165) is 41.1 Å². The number of fused-ring (bicyclic) bond motifs is 1. The third-order valence-corrected chi connectivity index (χ3v) is 6.39. The van der Waals surface area contributed by atoms with Gasteiger partial charge in [-0.25, -0.2) is 9.78 Å². The maximum absolute atomic E-state index is 11.0. The highest BCUT2D eigenvalue weighted by Gasteiger charge is 2.24. The predicted molar refractivity (Wildman–Crippen MR) is 135 cm³/mol. The number of hydrogen-bond acceptors (Lipinski definition) is 5. The van der Waals surface area contributed by atoms with Crippen LogP contribution in [0.4, 0.5) is 10.5 Å². The number of carboxylic acid groups (broad SMARTS) is 1. The average molecular weight is 493 g/mol. The Kier molecular flexibility index (Phi) is 6.37. The quantitative estimate of drug-likeness (QED) is 0.373. The van der Waals surface area contributed by atoms with E-state index in [1.807, 2.05) is 65.3 Å². The van der Waals surface area contributed by atoms with Crippen LogP contribution in [0.2, 0.25) is 5.02 Å². The Balaban J connectivity index is 1.44. The first-order valence-corrected chi connectivity index (χ1v) is 11.7. The number of nitrogens with one attached hydrogen (secondary N) is 1. The number of imidazole rings is 1. The smallest absolute Gasteiger partial charge is 0.404 e. The summed E-state index contributed by atoms with van der Waals surface area (Å²) in [5.74, 6) is 1.16. The lowest BCUT2D eigenvalue weighted by molar-refractivity contribution is 0.191. The molecule has 35 heavy (non-hydrogen) atoms. The number of halogens is 1. The summed E-state index contributed by atoms with van der Waals surface area (Å²) in [6, 6.07) is 17.5. The molecule has 5 rings (SSSR count). The van der Waals surface area contributed by atoms with Crippen LogP contribution in [0.1, 0.15) is 12.0 Å². The Morgan fingerprint density at radius 3 is 2.80 bits per heavy atom. The van der Waals surface area contributed by atoms with Crippen molar-refractivity contribution >= 4 is 29.0 Å². The maximum Gasteiger partial charge on any atom is 0.404 e. The molecule has 1 aliphatic heterocycles. The number of aromatic nitrogens is 2. The molecule has 1 unspecified atom stereocenters. The standard InChI is InChI=1S/C26H25ClN4O4/c1-34-24-13-23(35-16-17-5-3-2-4-6-17)20(12-21(24)27)22-15-31-10-8-19(11-25(31)29-22)30-9-7-18(14-30)28-26(32)33/h2-6,8,10-13,15,18,28H,7,9,14,16H2,1H3,(H,32,33). The Bertz CT molecular complexity index is 1360. The van der Waals surface area contributed by atoms with Gasteiger partial charge in [0.05, 0.1) is 23.9 Å². The lowest BCUT2D eigenvalue weighted by Gasteiger charge is -2.18. The monoisotopic (exact) mass is 492 g/mol. The van der Waals surface area contributed by atoms with Gasteiger partial charge in [0.1, 0.15) is 23.8 Å². The number of anilines is 1. The average Bonchev–Trinajstić information content (AvgIpc) is 3.49. The molecule has 0 spiro atoms. The molecule has 8 nitrogen and oxygen atoms in total. The third-order valence-electron chi connectivity index (χ3n) is 6.09. The van der Waals surface area contributed by atoms with E-state index in [1.54, 1.807) is 13.2 Å².